The first-order valence-electron chi connectivity index (χ1n) is 5.22. The quantitative estimate of drug-likeness (QED) is 0.866. The van der Waals surface area contributed by atoms with E-state index in [9.17, 15) is 13.2 Å². The van der Waals surface area contributed by atoms with Crippen molar-refractivity contribution >= 4 is 21.6 Å². The van der Waals surface area contributed by atoms with Crippen molar-refractivity contribution in [1.29, 1.82) is 0 Å². The van der Waals surface area contributed by atoms with E-state index in [0.29, 0.717) is 11.6 Å². The topological polar surface area (TPSA) is 115 Å². The van der Waals surface area contributed by atoms with Crippen molar-refractivity contribution in [2.45, 2.75) is 11.8 Å². The molecule has 0 fully saturated rings. The monoisotopic (exact) mass is 281 g/mol. The standard InChI is InChI=1S/C11H11N3O4S/c1-7-13-10(6-18-7)11(15)14-8-2-4-9(5-3-8)19(12,16)17/h2-6H,1H3,(H,14,15)(H2,12,16,17). The highest BCUT2D eigenvalue weighted by molar-refractivity contribution is 7.89. The van der Waals surface area contributed by atoms with Gasteiger partial charge in [-0.2, -0.15) is 0 Å². The zero-order valence-electron chi connectivity index (χ0n) is 9.95. The number of amides is 1. The van der Waals surface area contributed by atoms with Gasteiger partial charge >= 0.3 is 0 Å². The zero-order chi connectivity index (χ0) is 14.0. The number of primary sulfonamides is 1. The maximum absolute atomic E-state index is 11.7. The number of nitrogens with zero attached hydrogens (tertiary/aromatic N) is 1. The highest BCUT2D eigenvalue weighted by Gasteiger charge is 2.12. The molecule has 2 rings (SSSR count). The lowest BCUT2D eigenvalue weighted by Gasteiger charge is -2.03. The van der Waals surface area contributed by atoms with Crippen LogP contribution in [0.1, 0.15) is 16.4 Å². The number of hydrogen-bond donors (Lipinski definition) is 2. The Morgan fingerprint density at radius 1 is 1.32 bits per heavy atom. The Morgan fingerprint density at radius 3 is 2.42 bits per heavy atom. The van der Waals surface area contributed by atoms with Crippen molar-refractivity contribution in [2.24, 2.45) is 5.14 Å². The van der Waals surface area contributed by atoms with Gasteiger partial charge in [0, 0.05) is 12.6 Å². The first kappa shape index (κ1) is 13.2. The molecule has 1 amide bonds. The van der Waals surface area contributed by atoms with Gasteiger partial charge in [0.05, 0.1) is 4.90 Å². The minimum Gasteiger partial charge on any atom is -0.448 e. The molecular formula is C11H11N3O4S. The van der Waals surface area contributed by atoms with E-state index in [1.807, 2.05) is 0 Å². The van der Waals surface area contributed by atoms with Gasteiger partial charge in [0.15, 0.2) is 11.6 Å². The molecule has 1 heterocycles. The summed E-state index contributed by atoms with van der Waals surface area (Å²) in [5.41, 5.74) is 0.575. The summed E-state index contributed by atoms with van der Waals surface area (Å²) in [6.45, 7) is 1.62. The number of rotatable bonds is 3. The smallest absolute Gasteiger partial charge is 0.277 e. The highest BCUT2D eigenvalue weighted by atomic mass is 32.2. The number of nitrogens with two attached hydrogens (primary N) is 1. The summed E-state index contributed by atoms with van der Waals surface area (Å²) in [5, 5.41) is 7.52. The van der Waals surface area contributed by atoms with Crippen molar-refractivity contribution in [3.05, 3.63) is 42.1 Å². The third-order valence-corrected chi connectivity index (χ3v) is 3.22. The Morgan fingerprint density at radius 2 is 1.95 bits per heavy atom. The Labute approximate surface area is 109 Å². The maximum Gasteiger partial charge on any atom is 0.277 e. The first-order chi connectivity index (χ1) is 8.86. The molecule has 0 bridgehead atoms. The number of aromatic nitrogens is 1. The summed E-state index contributed by atoms with van der Waals surface area (Å²) < 4.78 is 27.0. The summed E-state index contributed by atoms with van der Waals surface area (Å²) in [5.74, 6) is -0.0603. The second-order valence-electron chi connectivity index (χ2n) is 3.78. The Kier molecular flexibility index (Phi) is 3.36. The molecule has 3 N–H and O–H groups in total. The van der Waals surface area contributed by atoms with Gasteiger partial charge in [0.25, 0.3) is 5.91 Å². The van der Waals surface area contributed by atoms with E-state index in [-0.39, 0.29) is 10.6 Å². The SMILES string of the molecule is Cc1nc(C(=O)Nc2ccc(S(N)(=O)=O)cc2)co1. The van der Waals surface area contributed by atoms with Crippen LogP contribution in [0, 0.1) is 6.92 Å². The lowest BCUT2D eigenvalue weighted by atomic mass is 10.3. The lowest BCUT2D eigenvalue weighted by molar-refractivity contribution is 0.102. The molecule has 1 aromatic carbocycles. The van der Waals surface area contributed by atoms with Gasteiger partial charge in [-0.15, -0.1) is 0 Å². The molecule has 0 radical (unpaired) electrons. The third kappa shape index (κ3) is 3.18. The van der Waals surface area contributed by atoms with Gasteiger partial charge in [-0.25, -0.2) is 18.5 Å². The minimum atomic E-state index is -3.74. The van der Waals surface area contributed by atoms with Crippen LogP contribution in [0.5, 0.6) is 0 Å². The van der Waals surface area contributed by atoms with Gasteiger partial charge in [-0.3, -0.25) is 4.79 Å². The summed E-state index contributed by atoms with van der Waals surface area (Å²) in [7, 11) is -3.74. The predicted molar refractivity (Wildman–Crippen MR) is 67.0 cm³/mol. The molecule has 2 aromatic rings. The molecule has 1 aromatic heterocycles. The van der Waals surface area contributed by atoms with Crippen LogP contribution in [0.3, 0.4) is 0 Å². The molecule has 0 spiro atoms. The van der Waals surface area contributed by atoms with Crippen LogP contribution >= 0.6 is 0 Å². The first-order valence-corrected chi connectivity index (χ1v) is 6.77. The highest BCUT2D eigenvalue weighted by Crippen LogP contribution is 2.13. The van der Waals surface area contributed by atoms with E-state index >= 15 is 0 Å². The number of nitrogens with one attached hydrogen (secondary N) is 1. The van der Waals surface area contributed by atoms with Crippen molar-refractivity contribution in [1.82, 2.24) is 4.98 Å². The van der Waals surface area contributed by atoms with Crippen LogP contribution in [0.2, 0.25) is 0 Å². The molecule has 0 aliphatic rings. The summed E-state index contributed by atoms with van der Waals surface area (Å²) in [6.07, 6.45) is 1.24. The molecule has 0 unspecified atom stereocenters. The number of benzene rings is 1. The van der Waals surface area contributed by atoms with Crippen molar-refractivity contribution in [2.75, 3.05) is 5.32 Å². The molecule has 0 atom stereocenters. The van der Waals surface area contributed by atoms with Crippen LogP contribution in [0.15, 0.2) is 39.8 Å². The second-order valence-corrected chi connectivity index (χ2v) is 5.34. The Balaban J connectivity index is 2.14. The average Bonchev–Trinajstić information content (AvgIpc) is 2.75. The van der Waals surface area contributed by atoms with Crippen LogP contribution in [0.4, 0.5) is 5.69 Å². The fourth-order valence-electron chi connectivity index (χ4n) is 1.39. The molecule has 0 saturated carbocycles. The second kappa shape index (κ2) is 4.82. The number of sulfonamides is 1. The number of aryl methyl sites for hydroxylation is 1. The van der Waals surface area contributed by atoms with E-state index in [1.54, 1.807) is 6.92 Å². The fraction of sp³-hybridized carbons (Fsp3) is 0.0909. The Hall–Kier alpha value is -2.19. The molecule has 0 saturated heterocycles. The van der Waals surface area contributed by atoms with Gasteiger partial charge < -0.3 is 9.73 Å². The maximum atomic E-state index is 11.7. The Bertz CT molecular complexity index is 704. The largest absolute Gasteiger partial charge is 0.448 e. The van der Waals surface area contributed by atoms with Crippen LogP contribution in [-0.2, 0) is 10.0 Å². The van der Waals surface area contributed by atoms with Gasteiger partial charge in [-0.1, -0.05) is 0 Å². The van der Waals surface area contributed by atoms with E-state index < -0.39 is 15.9 Å². The van der Waals surface area contributed by atoms with Crippen molar-refractivity contribution in [3.63, 3.8) is 0 Å². The summed E-state index contributed by atoms with van der Waals surface area (Å²) in [6, 6.07) is 5.48. The van der Waals surface area contributed by atoms with Gasteiger partial charge in [0.1, 0.15) is 6.26 Å². The van der Waals surface area contributed by atoms with Crippen molar-refractivity contribution < 1.29 is 17.6 Å². The molecule has 8 heteroatoms. The fourth-order valence-corrected chi connectivity index (χ4v) is 1.91. The van der Waals surface area contributed by atoms with Gasteiger partial charge in [0.2, 0.25) is 10.0 Å². The average molecular weight is 281 g/mol. The minimum absolute atomic E-state index is 0.0252. The molecule has 19 heavy (non-hydrogen) atoms. The van der Waals surface area contributed by atoms with E-state index in [1.165, 1.54) is 30.5 Å². The lowest BCUT2D eigenvalue weighted by Crippen LogP contribution is -2.14. The third-order valence-electron chi connectivity index (χ3n) is 2.29. The van der Waals surface area contributed by atoms with Crippen molar-refractivity contribution in [3.8, 4) is 0 Å². The summed E-state index contributed by atoms with van der Waals surface area (Å²) in [4.78, 5) is 15.6. The molecule has 100 valence electrons. The number of oxazole rings is 1. The number of anilines is 1. The number of hydrogen-bond acceptors (Lipinski definition) is 5. The molecule has 0 aliphatic carbocycles. The molecule has 7 nitrogen and oxygen atoms in total. The van der Waals surface area contributed by atoms with E-state index in [2.05, 4.69) is 10.3 Å². The number of carbonyl (C=O) groups excluding carboxylic acids is 1. The molecule has 0 aliphatic heterocycles. The van der Waals surface area contributed by atoms with Crippen LogP contribution < -0.4 is 10.5 Å². The van der Waals surface area contributed by atoms with Gasteiger partial charge in [-0.05, 0) is 24.3 Å². The zero-order valence-corrected chi connectivity index (χ0v) is 10.8. The summed E-state index contributed by atoms with van der Waals surface area (Å²) >= 11 is 0. The van der Waals surface area contributed by atoms with Crippen LogP contribution in [0.25, 0.3) is 0 Å². The normalized spacial score (nSPS) is 11.3. The predicted octanol–water partition coefficient (Wildman–Crippen LogP) is 0.883. The molecular weight excluding hydrogens is 270 g/mol. The van der Waals surface area contributed by atoms with Crippen LogP contribution in [-0.4, -0.2) is 19.3 Å². The van der Waals surface area contributed by atoms with E-state index in [4.69, 9.17) is 9.56 Å². The van der Waals surface area contributed by atoms with E-state index in [0.717, 1.165) is 0 Å². The number of carbonyl (C=O) groups is 1.